The van der Waals surface area contributed by atoms with Gasteiger partial charge in [0, 0.05) is 6.42 Å². The number of rotatable bonds is 0. The first-order valence-corrected chi connectivity index (χ1v) is 15.3. The van der Waals surface area contributed by atoms with Crippen LogP contribution in [0.2, 0.25) is 0 Å². The summed E-state index contributed by atoms with van der Waals surface area (Å²) < 4.78 is 6.22. The van der Waals surface area contributed by atoms with Gasteiger partial charge in [-0.15, -0.1) is 0 Å². The molecule has 0 aromatic carbocycles. The SMILES string of the molecule is CC12CC(CCCC(=O)O1)C1(C)CCC3(C)C(=CCC4C5(C)CCC(O)C(C)(C)C5CCC43C)C1C2. The van der Waals surface area contributed by atoms with Crippen LogP contribution in [0.5, 0.6) is 0 Å². The molecule has 10 unspecified atom stereocenters. The molecule has 3 heteroatoms. The summed E-state index contributed by atoms with van der Waals surface area (Å²) in [4.78, 5) is 12.6. The minimum Gasteiger partial charge on any atom is -0.459 e. The van der Waals surface area contributed by atoms with E-state index in [0.29, 0.717) is 46.3 Å². The van der Waals surface area contributed by atoms with Gasteiger partial charge in [-0.05, 0) is 128 Å². The molecule has 0 aromatic rings. The first kappa shape index (κ1) is 25.4. The fourth-order valence-corrected chi connectivity index (χ4v) is 12.0. The molecular formula is C33H52O3. The summed E-state index contributed by atoms with van der Waals surface area (Å²) in [6.07, 6.45) is 15.8. The van der Waals surface area contributed by atoms with E-state index in [4.69, 9.17) is 4.74 Å². The number of carbonyl (C=O) groups is 1. The average Bonchev–Trinajstić information content (AvgIpc) is 2.77. The number of esters is 1. The lowest BCUT2D eigenvalue weighted by molar-refractivity contribution is -0.210. The first-order valence-electron chi connectivity index (χ1n) is 15.3. The van der Waals surface area contributed by atoms with E-state index >= 15 is 0 Å². The molecule has 3 nitrogen and oxygen atoms in total. The predicted octanol–water partition coefficient (Wildman–Crippen LogP) is 7.85. The van der Waals surface area contributed by atoms with Crippen LogP contribution in [0.15, 0.2) is 11.6 Å². The standard InChI is InChI=1S/C33H52O3/c1-28(2)24-13-16-33(7)25(31(24,5)15-14-26(28)34)12-11-22-23-20-29(3)19-21(9-8-10-27(35)36-29)30(23,4)17-18-32(22,33)6/h11,21,23-26,34H,8-10,12-20H2,1-7H3. The van der Waals surface area contributed by atoms with Crippen LogP contribution in [0, 0.1) is 50.7 Å². The smallest absolute Gasteiger partial charge is 0.306 e. The predicted molar refractivity (Wildman–Crippen MR) is 144 cm³/mol. The molecule has 202 valence electrons. The minimum absolute atomic E-state index is 0.000402. The Balaban J connectivity index is 1.41. The van der Waals surface area contributed by atoms with Gasteiger partial charge in [-0.25, -0.2) is 0 Å². The third kappa shape index (κ3) is 3.10. The van der Waals surface area contributed by atoms with E-state index in [9.17, 15) is 9.90 Å². The van der Waals surface area contributed by atoms with Crippen molar-refractivity contribution in [3.05, 3.63) is 11.6 Å². The number of carbonyl (C=O) groups excluding carboxylic acids is 1. The lowest BCUT2D eigenvalue weighted by atomic mass is 9.33. The Morgan fingerprint density at radius 1 is 0.861 bits per heavy atom. The largest absolute Gasteiger partial charge is 0.459 e. The molecule has 1 N–H and O–H groups in total. The lowest BCUT2D eigenvalue weighted by Gasteiger charge is -2.72. The highest BCUT2D eigenvalue weighted by molar-refractivity contribution is 5.70. The van der Waals surface area contributed by atoms with Crippen molar-refractivity contribution in [3.8, 4) is 0 Å². The van der Waals surface area contributed by atoms with Crippen molar-refractivity contribution in [3.63, 3.8) is 0 Å². The zero-order chi connectivity index (χ0) is 25.9. The second-order valence-corrected chi connectivity index (χ2v) is 16.2. The number of aliphatic hydroxyl groups is 1. The Morgan fingerprint density at radius 3 is 2.36 bits per heavy atom. The minimum atomic E-state index is -0.309. The molecular weight excluding hydrogens is 444 g/mol. The van der Waals surface area contributed by atoms with Gasteiger partial charge in [-0.2, -0.15) is 0 Å². The fourth-order valence-electron chi connectivity index (χ4n) is 12.0. The van der Waals surface area contributed by atoms with E-state index < -0.39 is 0 Å². The second-order valence-electron chi connectivity index (χ2n) is 16.2. The van der Waals surface area contributed by atoms with Crippen LogP contribution >= 0.6 is 0 Å². The summed E-state index contributed by atoms with van der Waals surface area (Å²) in [7, 11) is 0. The molecule has 6 rings (SSSR count). The van der Waals surface area contributed by atoms with Gasteiger partial charge in [-0.1, -0.05) is 53.2 Å². The number of allylic oxidation sites excluding steroid dienone is 2. The molecule has 10 atom stereocenters. The summed E-state index contributed by atoms with van der Waals surface area (Å²) in [5.41, 5.74) is 2.55. The molecule has 0 radical (unpaired) electrons. The molecule has 6 aliphatic rings. The quantitative estimate of drug-likeness (QED) is 0.274. The molecule has 5 aliphatic carbocycles. The maximum Gasteiger partial charge on any atom is 0.306 e. The van der Waals surface area contributed by atoms with Gasteiger partial charge in [-0.3, -0.25) is 4.79 Å². The Morgan fingerprint density at radius 2 is 1.61 bits per heavy atom. The van der Waals surface area contributed by atoms with Crippen LogP contribution in [0.25, 0.3) is 0 Å². The zero-order valence-corrected chi connectivity index (χ0v) is 24.2. The number of hydrogen-bond acceptors (Lipinski definition) is 3. The van der Waals surface area contributed by atoms with Crippen molar-refractivity contribution in [2.75, 3.05) is 0 Å². The summed E-state index contributed by atoms with van der Waals surface area (Å²) >= 11 is 0. The van der Waals surface area contributed by atoms with Gasteiger partial charge >= 0.3 is 5.97 Å². The van der Waals surface area contributed by atoms with Gasteiger partial charge < -0.3 is 9.84 Å². The number of fused-ring (bicyclic) bond motifs is 10. The molecule has 5 fully saturated rings. The highest BCUT2D eigenvalue weighted by atomic mass is 16.6. The maximum absolute atomic E-state index is 12.6. The van der Waals surface area contributed by atoms with Crippen LogP contribution in [-0.2, 0) is 9.53 Å². The molecule has 4 saturated carbocycles. The lowest BCUT2D eigenvalue weighted by Crippen LogP contribution is -2.65. The van der Waals surface area contributed by atoms with E-state index in [1.807, 2.05) is 0 Å². The van der Waals surface area contributed by atoms with Crippen LogP contribution < -0.4 is 0 Å². The van der Waals surface area contributed by atoms with Crippen LogP contribution in [0.1, 0.15) is 126 Å². The summed E-state index contributed by atoms with van der Waals surface area (Å²) in [6.45, 7) is 17.4. The summed E-state index contributed by atoms with van der Waals surface area (Å²) in [5.74, 6) is 2.48. The Hall–Kier alpha value is -0.830. The van der Waals surface area contributed by atoms with Crippen molar-refractivity contribution >= 4 is 5.97 Å². The molecule has 2 bridgehead atoms. The number of ether oxygens (including phenoxy) is 1. The Bertz CT molecular complexity index is 981. The van der Waals surface area contributed by atoms with Gasteiger partial charge in [0.25, 0.3) is 0 Å². The molecule has 0 amide bonds. The third-order valence-corrected chi connectivity index (χ3v) is 14.4. The topological polar surface area (TPSA) is 46.5 Å². The molecule has 1 aliphatic heterocycles. The molecule has 36 heavy (non-hydrogen) atoms. The third-order valence-electron chi connectivity index (χ3n) is 14.4. The number of aliphatic hydroxyl groups excluding tert-OH is 1. The van der Waals surface area contributed by atoms with E-state index in [2.05, 4.69) is 54.5 Å². The van der Waals surface area contributed by atoms with Gasteiger partial charge in [0.1, 0.15) is 5.60 Å². The van der Waals surface area contributed by atoms with Crippen LogP contribution in [0.3, 0.4) is 0 Å². The van der Waals surface area contributed by atoms with Crippen molar-refractivity contribution < 1.29 is 14.6 Å². The van der Waals surface area contributed by atoms with E-state index in [0.717, 1.165) is 25.7 Å². The van der Waals surface area contributed by atoms with Crippen molar-refractivity contribution in [1.82, 2.24) is 0 Å². The maximum atomic E-state index is 12.6. The van der Waals surface area contributed by atoms with Gasteiger partial charge in [0.05, 0.1) is 6.10 Å². The van der Waals surface area contributed by atoms with Crippen LogP contribution in [-0.4, -0.2) is 22.8 Å². The summed E-state index contributed by atoms with van der Waals surface area (Å²) in [6, 6.07) is 0. The second kappa shape index (κ2) is 7.64. The molecule has 1 heterocycles. The molecule has 1 saturated heterocycles. The molecule has 0 aromatic heterocycles. The fraction of sp³-hybridized carbons (Fsp3) is 0.909. The van der Waals surface area contributed by atoms with E-state index in [1.54, 1.807) is 5.57 Å². The first-order chi connectivity index (χ1) is 16.7. The molecule has 0 spiro atoms. The van der Waals surface area contributed by atoms with Crippen molar-refractivity contribution in [1.29, 1.82) is 0 Å². The van der Waals surface area contributed by atoms with Gasteiger partial charge in [0.2, 0.25) is 0 Å². The highest BCUT2D eigenvalue weighted by Gasteiger charge is 2.69. The van der Waals surface area contributed by atoms with Crippen LogP contribution in [0.4, 0.5) is 0 Å². The average molecular weight is 497 g/mol. The van der Waals surface area contributed by atoms with E-state index in [1.165, 1.54) is 44.9 Å². The Kier molecular flexibility index (Phi) is 5.40. The normalized spacial score (nSPS) is 55.9. The Labute approximate surface area is 220 Å². The van der Waals surface area contributed by atoms with Crippen molar-refractivity contribution in [2.24, 2.45) is 50.7 Å². The van der Waals surface area contributed by atoms with E-state index in [-0.39, 0.29) is 28.5 Å². The van der Waals surface area contributed by atoms with Gasteiger partial charge in [0.15, 0.2) is 0 Å². The summed E-state index contributed by atoms with van der Waals surface area (Å²) in [5, 5.41) is 11.0. The highest BCUT2D eigenvalue weighted by Crippen LogP contribution is 2.76. The monoisotopic (exact) mass is 496 g/mol. The van der Waals surface area contributed by atoms with Crippen molar-refractivity contribution in [2.45, 2.75) is 137 Å². The number of hydrogen-bond donors (Lipinski definition) is 1. The zero-order valence-electron chi connectivity index (χ0n) is 24.2.